The molecule has 0 bridgehead atoms. The van der Waals surface area contributed by atoms with Crippen LogP contribution in [-0.2, 0) is 18.6 Å². The zero-order valence-electron chi connectivity index (χ0n) is 17.6. The lowest BCUT2D eigenvalue weighted by atomic mass is 9.99. The Bertz CT molecular complexity index is 641. The number of halogens is 24. The Hall–Kier alpha value is -1.78. The Labute approximate surface area is 206 Å². The van der Waals surface area contributed by atoms with Gasteiger partial charge in [-0.2, -0.15) is 105 Å². The molecule has 0 saturated carbocycles. The summed E-state index contributed by atoms with van der Waals surface area (Å²) in [5.74, 6) is 0. The minimum atomic E-state index is -8.49. The quantitative estimate of drug-likeness (QED) is 0.197. The first-order valence-corrected chi connectivity index (χ1v) is 8.73. The third kappa shape index (κ3) is 11.4. The maximum Gasteiger partial charge on any atom is 0.533 e. The van der Waals surface area contributed by atoms with Crippen LogP contribution in [0.3, 0.4) is 0 Å². The molecule has 0 aliphatic heterocycles. The highest BCUT2D eigenvalue weighted by Gasteiger charge is 2.69. The van der Waals surface area contributed by atoms with Gasteiger partial charge in [-0.25, -0.2) is 0 Å². The van der Waals surface area contributed by atoms with Gasteiger partial charge in [0.05, 0.1) is 0 Å². The fourth-order valence-corrected chi connectivity index (χ4v) is 2.22. The maximum absolute atomic E-state index is 12.8. The number of rotatable bonds is 8. The van der Waals surface area contributed by atoms with E-state index in [1.54, 1.807) is 0 Å². The maximum atomic E-state index is 12.8. The number of alkyl halides is 24. The van der Waals surface area contributed by atoms with Gasteiger partial charge in [0.1, 0.15) is 0 Å². The van der Waals surface area contributed by atoms with Crippen LogP contribution in [0.25, 0.3) is 0 Å². The Morgan fingerprint density at radius 1 is 0.244 bits per heavy atom. The highest BCUT2D eigenvalue weighted by atomic mass is 19.4. The van der Waals surface area contributed by atoms with Crippen molar-refractivity contribution in [2.24, 2.45) is 0 Å². The van der Waals surface area contributed by atoms with Crippen LogP contribution in [-0.4, -0.2) is 80.8 Å². The Morgan fingerprint density at radius 2 is 0.341 bits per heavy atom. The lowest BCUT2D eigenvalue weighted by Crippen LogP contribution is -2.68. The van der Waals surface area contributed by atoms with Gasteiger partial charge in [-0.05, 0) is 0 Å². The van der Waals surface area contributed by atoms with Crippen LogP contribution in [0.1, 0.15) is 0 Å². The van der Waals surface area contributed by atoms with Crippen molar-refractivity contribution in [1.82, 2.24) is 0 Å². The van der Waals surface area contributed by atoms with Gasteiger partial charge in [0.15, 0.2) is 0 Å². The summed E-state index contributed by atoms with van der Waals surface area (Å²) in [6, 6.07) is 0. The van der Waals surface area contributed by atoms with E-state index in [1.807, 2.05) is 0 Å². The van der Waals surface area contributed by atoms with Crippen molar-refractivity contribution >= 4 is 6.96 Å². The van der Waals surface area contributed by atoms with Crippen LogP contribution in [0.5, 0.6) is 0 Å². The molecule has 0 N–H and O–H groups in total. The second kappa shape index (κ2) is 11.4. The Kier molecular flexibility index (Phi) is 10.9. The second-order valence-corrected chi connectivity index (χ2v) is 6.97. The molecule has 0 saturated heterocycles. The topological polar surface area (TPSA) is 36.9 Å². The minimum absolute atomic E-state index is 2.18. The predicted molar refractivity (Wildman–Crippen MR) is 73.7 cm³/mol. The molecular weight excluding hydrogens is 675 g/mol. The van der Waals surface area contributed by atoms with Crippen LogP contribution in [0.2, 0.25) is 0 Å². The van der Waals surface area contributed by atoms with Crippen molar-refractivity contribution in [2.45, 2.75) is 73.8 Å². The van der Waals surface area contributed by atoms with Crippen molar-refractivity contribution in [3.8, 4) is 0 Å². The van der Waals surface area contributed by atoms with Crippen molar-refractivity contribution in [3.05, 3.63) is 0 Å². The molecule has 0 radical (unpaired) electrons. The second-order valence-electron chi connectivity index (χ2n) is 6.97. The van der Waals surface area contributed by atoms with Crippen LogP contribution in [0.15, 0.2) is 0 Å². The van der Waals surface area contributed by atoms with E-state index in [0.717, 1.165) is 0 Å². The molecule has 0 rings (SSSR count). The molecule has 0 fully saturated rings. The van der Waals surface area contributed by atoms with E-state index in [2.05, 4.69) is 18.6 Å². The van der Waals surface area contributed by atoms with Gasteiger partial charge in [0.25, 0.3) is 0 Å². The van der Waals surface area contributed by atoms with E-state index in [-0.39, 0.29) is 0 Å². The minimum Gasteiger partial charge on any atom is -0.503 e. The molecule has 0 aliphatic carbocycles. The van der Waals surface area contributed by atoms with E-state index in [9.17, 15) is 105 Å². The highest BCUT2D eigenvalue weighted by Crippen LogP contribution is 2.47. The summed E-state index contributed by atoms with van der Waals surface area (Å²) in [5.41, 5.74) is 0. The summed E-state index contributed by atoms with van der Waals surface area (Å²) in [4.78, 5) is 0. The van der Waals surface area contributed by atoms with Gasteiger partial charge in [0, 0.05) is 0 Å². The highest BCUT2D eigenvalue weighted by molar-refractivity contribution is 6.54. The zero-order chi connectivity index (χ0) is 33.6. The normalized spacial score (nSPS) is 16.1. The summed E-state index contributed by atoms with van der Waals surface area (Å²) >= 11 is 0. The lowest BCUT2D eigenvalue weighted by Gasteiger charge is -2.50. The Balaban J connectivity index is 7.99. The van der Waals surface area contributed by atoms with Crippen LogP contribution < -0.4 is 0 Å². The molecular formula is C12H4BF24O4-. The average Bonchev–Trinajstić information content (AvgIpc) is 2.58. The van der Waals surface area contributed by atoms with E-state index in [1.165, 1.54) is 0 Å². The smallest absolute Gasteiger partial charge is 0.503 e. The van der Waals surface area contributed by atoms with Gasteiger partial charge in [-0.3, -0.25) is 0 Å². The molecule has 0 heterocycles. The monoisotopic (exact) mass is 679 g/mol. The lowest BCUT2D eigenvalue weighted by molar-refractivity contribution is -0.369. The molecule has 41 heavy (non-hydrogen) atoms. The summed E-state index contributed by atoms with van der Waals surface area (Å²) < 4.78 is 317. The molecule has 0 amide bonds. The van der Waals surface area contributed by atoms with E-state index in [4.69, 9.17) is 0 Å². The van der Waals surface area contributed by atoms with Crippen molar-refractivity contribution < 1.29 is 124 Å². The fourth-order valence-electron chi connectivity index (χ4n) is 2.22. The molecule has 4 nitrogen and oxygen atoms in total. The molecule has 0 aromatic heterocycles. The van der Waals surface area contributed by atoms with Crippen molar-refractivity contribution in [3.63, 3.8) is 0 Å². The zero-order valence-corrected chi connectivity index (χ0v) is 17.6. The standard InChI is InChI=1S/C12H4BF24O4/c14-5(15,16)1(6(17,18)19)38-13(39-2(7(20,21)22)8(23,24)25,40-3(9(26,27)28)10(29,30)31)41-4(11(32,33)34)12(35,36)37/h1-4H/q-1. The SMILES string of the molecule is FC(F)(F)C(O[B-](OC(C(F)(F)F)C(F)(F)F)(OC(C(F)(F)F)C(F)(F)F)OC(C(F)(F)F)C(F)(F)F)C(F)(F)F. The Morgan fingerprint density at radius 3 is 0.415 bits per heavy atom. The number of hydrogen-bond donors (Lipinski definition) is 0. The van der Waals surface area contributed by atoms with Crippen LogP contribution in [0, 0.1) is 0 Å². The van der Waals surface area contributed by atoms with E-state index < -0.39 is 80.8 Å². The molecule has 248 valence electrons. The van der Waals surface area contributed by atoms with Gasteiger partial charge in [-0.1, -0.05) is 0 Å². The van der Waals surface area contributed by atoms with E-state index in [0.29, 0.717) is 0 Å². The van der Waals surface area contributed by atoms with E-state index >= 15 is 0 Å². The molecule has 0 aliphatic rings. The molecule has 0 spiro atoms. The fraction of sp³-hybridized carbons (Fsp3) is 1.00. The predicted octanol–water partition coefficient (Wildman–Crippen LogP) is 7.46. The molecule has 29 heteroatoms. The number of hydrogen-bond acceptors (Lipinski definition) is 4. The molecule has 0 aromatic carbocycles. The third-order valence-electron chi connectivity index (χ3n) is 3.59. The van der Waals surface area contributed by atoms with Crippen LogP contribution in [0.4, 0.5) is 105 Å². The first kappa shape index (κ1) is 39.2. The van der Waals surface area contributed by atoms with Crippen LogP contribution >= 0.6 is 0 Å². The summed E-state index contributed by atoms with van der Waals surface area (Å²) in [7, 11) is 0. The van der Waals surface area contributed by atoms with Crippen molar-refractivity contribution in [2.75, 3.05) is 0 Å². The summed E-state index contributed by atoms with van der Waals surface area (Å²) in [5, 5.41) is 0. The average molecular weight is 679 g/mol. The largest absolute Gasteiger partial charge is 0.533 e. The van der Waals surface area contributed by atoms with Gasteiger partial charge in [0.2, 0.25) is 24.4 Å². The molecule has 0 aromatic rings. The van der Waals surface area contributed by atoms with Gasteiger partial charge in [-0.15, -0.1) is 0 Å². The van der Waals surface area contributed by atoms with Crippen molar-refractivity contribution in [1.29, 1.82) is 0 Å². The van der Waals surface area contributed by atoms with Gasteiger partial charge < -0.3 is 18.6 Å². The third-order valence-corrected chi connectivity index (χ3v) is 3.59. The first-order valence-electron chi connectivity index (χ1n) is 8.73. The summed E-state index contributed by atoms with van der Waals surface area (Å²) in [6.07, 6.45) is -85.7. The summed E-state index contributed by atoms with van der Waals surface area (Å²) in [6.45, 7) is -8.49. The van der Waals surface area contributed by atoms with Gasteiger partial charge >= 0.3 is 56.4 Å². The first-order chi connectivity index (χ1) is 17.4. The molecule has 0 unspecified atom stereocenters. The molecule has 0 atom stereocenters.